The van der Waals surface area contributed by atoms with Crippen LogP contribution in [0.5, 0.6) is 0 Å². The normalized spacial score (nSPS) is 10.4. The zero-order valence-corrected chi connectivity index (χ0v) is 10.3. The molecule has 0 atom stereocenters. The average molecular weight is 283 g/mol. The van der Waals surface area contributed by atoms with Crippen molar-refractivity contribution in [2.24, 2.45) is 0 Å². The summed E-state index contributed by atoms with van der Waals surface area (Å²) in [6, 6.07) is 2.12. The van der Waals surface area contributed by atoms with E-state index in [1.165, 1.54) is 6.20 Å². The minimum absolute atomic E-state index is 0.195. The predicted octanol–water partition coefficient (Wildman–Crippen LogP) is 1.84. The number of rotatable bonds is 3. The molecule has 9 heteroatoms. The molecule has 0 saturated carbocycles. The number of aromatic carboxylic acids is 1. The first-order valence-electron chi connectivity index (χ1n) is 5.01. The zero-order valence-electron chi connectivity index (χ0n) is 9.57. The Labute approximate surface area is 111 Å². The number of aromatic nitrogens is 3. The second-order valence-electron chi connectivity index (χ2n) is 3.61. The van der Waals surface area contributed by atoms with Crippen molar-refractivity contribution in [1.82, 2.24) is 14.8 Å². The second-order valence-corrected chi connectivity index (χ2v) is 4.02. The Hall–Kier alpha value is -2.48. The summed E-state index contributed by atoms with van der Waals surface area (Å²) in [7, 11) is 0. The maximum Gasteiger partial charge on any atom is 0.354 e. The largest absolute Gasteiger partial charge is 0.477 e. The molecule has 0 unspecified atom stereocenters. The number of pyridine rings is 1. The number of aryl methyl sites for hydroxylation is 1. The van der Waals surface area contributed by atoms with Gasteiger partial charge in [0.1, 0.15) is 0 Å². The third-order valence-corrected chi connectivity index (χ3v) is 2.70. The summed E-state index contributed by atoms with van der Waals surface area (Å²) in [4.78, 5) is 24.8. The number of carboxylic acids is 1. The fourth-order valence-electron chi connectivity index (χ4n) is 1.42. The van der Waals surface area contributed by atoms with Crippen molar-refractivity contribution < 1.29 is 14.8 Å². The van der Waals surface area contributed by atoms with E-state index in [0.29, 0.717) is 10.7 Å². The van der Waals surface area contributed by atoms with Crippen LogP contribution in [0.3, 0.4) is 0 Å². The number of carboxylic acid groups (broad SMARTS) is 1. The summed E-state index contributed by atoms with van der Waals surface area (Å²) in [6.07, 6.45) is 1.33. The molecule has 98 valence electrons. The summed E-state index contributed by atoms with van der Waals surface area (Å²) in [5, 5.41) is 24.0. The molecule has 0 aliphatic carbocycles. The van der Waals surface area contributed by atoms with Gasteiger partial charge in [0.15, 0.2) is 5.69 Å². The van der Waals surface area contributed by atoms with Crippen LogP contribution in [0, 0.1) is 17.0 Å². The zero-order chi connectivity index (χ0) is 14.2. The van der Waals surface area contributed by atoms with Crippen LogP contribution in [0.1, 0.15) is 16.2 Å². The lowest BCUT2D eigenvalue weighted by atomic mass is 10.3. The van der Waals surface area contributed by atoms with Gasteiger partial charge in [-0.1, -0.05) is 11.6 Å². The maximum absolute atomic E-state index is 10.9. The molecule has 0 aliphatic heterocycles. The average Bonchev–Trinajstić information content (AvgIpc) is 2.68. The van der Waals surface area contributed by atoms with Crippen LogP contribution < -0.4 is 0 Å². The van der Waals surface area contributed by atoms with Crippen molar-refractivity contribution in [1.29, 1.82) is 0 Å². The predicted molar refractivity (Wildman–Crippen MR) is 64.7 cm³/mol. The molecule has 1 N–H and O–H groups in total. The molecule has 2 heterocycles. The van der Waals surface area contributed by atoms with Gasteiger partial charge in [0, 0.05) is 6.07 Å². The Morgan fingerprint density at radius 2 is 2.21 bits per heavy atom. The fourth-order valence-corrected chi connectivity index (χ4v) is 1.55. The van der Waals surface area contributed by atoms with Crippen LogP contribution in [-0.4, -0.2) is 30.8 Å². The fraction of sp³-hybridized carbons (Fsp3) is 0.100. The van der Waals surface area contributed by atoms with Crippen molar-refractivity contribution in [3.05, 3.63) is 44.9 Å². The van der Waals surface area contributed by atoms with Crippen molar-refractivity contribution in [2.75, 3.05) is 0 Å². The molecular weight excluding hydrogens is 276 g/mol. The Balaban J connectivity index is 2.67. The van der Waals surface area contributed by atoms with Gasteiger partial charge in [-0.05, 0) is 13.0 Å². The van der Waals surface area contributed by atoms with Crippen molar-refractivity contribution >= 4 is 23.3 Å². The van der Waals surface area contributed by atoms with Gasteiger partial charge in [-0.15, -0.1) is 0 Å². The molecule has 8 nitrogen and oxygen atoms in total. The number of nitro groups is 1. The first kappa shape index (κ1) is 13.0. The van der Waals surface area contributed by atoms with E-state index < -0.39 is 10.9 Å². The smallest absolute Gasteiger partial charge is 0.354 e. The van der Waals surface area contributed by atoms with Gasteiger partial charge in [-0.2, -0.15) is 5.10 Å². The molecule has 2 rings (SSSR count). The van der Waals surface area contributed by atoms with E-state index in [0.717, 1.165) is 16.8 Å². The van der Waals surface area contributed by atoms with Crippen molar-refractivity contribution in [3.8, 4) is 5.82 Å². The lowest BCUT2D eigenvalue weighted by Crippen LogP contribution is -2.08. The minimum Gasteiger partial charge on any atom is -0.477 e. The number of carbonyl (C=O) groups is 1. The highest BCUT2D eigenvalue weighted by molar-refractivity contribution is 6.31. The Bertz CT molecular complexity index is 663. The summed E-state index contributed by atoms with van der Waals surface area (Å²) in [5.41, 5.74) is -0.215. The lowest BCUT2D eigenvalue weighted by molar-refractivity contribution is -0.384. The van der Waals surface area contributed by atoms with Crippen LogP contribution in [-0.2, 0) is 0 Å². The summed E-state index contributed by atoms with van der Waals surface area (Å²) < 4.78 is 1.09. The molecule has 0 saturated heterocycles. The molecule has 0 spiro atoms. The van der Waals surface area contributed by atoms with Gasteiger partial charge in [0.05, 0.1) is 21.8 Å². The van der Waals surface area contributed by atoms with E-state index in [4.69, 9.17) is 16.7 Å². The van der Waals surface area contributed by atoms with E-state index in [-0.39, 0.29) is 17.2 Å². The third-order valence-electron chi connectivity index (χ3n) is 2.33. The molecule has 0 fully saturated rings. The number of hydrogen-bond donors (Lipinski definition) is 1. The quantitative estimate of drug-likeness (QED) is 0.679. The first-order valence-corrected chi connectivity index (χ1v) is 5.39. The molecule has 0 bridgehead atoms. The monoisotopic (exact) mass is 282 g/mol. The SMILES string of the molecule is Cc1nn(-c2nc(C(=O)O)ccc2[N+](=O)[O-])cc1Cl. The Kier molecular flexibility index (Phi) is 3.17. The van der Waals surface area contributed by atoms with E-state index in [9.17, 15) is 14.9 Å². The highest BCUT2D eigenvalue weighted by Gasteiger charge is 2.21. The molecule has 0 radical (unpaired) electrons. The summed E-state index contributed by atoms with van der Waals surface area (Å²) >= 11 is 5.82. The van der Waals surface area contributed by atoms with E-state index >= 15 is 0 Å². The summed E-state index contributed by atoms with van der Waals surface area (Å²) in [5.74, 6) is -1.48. The van der Waals surface area contributed by atoms with Crippen LogP contribution in [0.25, 0.3) is 5.82 Å². The minimum atomic E-state index is -1.29. The highest BCUT2D eigenvalue weighted by Crippen LogP contribution is 2.23. The van der Waals surface area contributed by atoms with Crippen molar-refractivity contribution in [2.45, 2.75) is 6.92 Å². The molecule has 2 aromatic rings. The molecule has 0 aromatic carbocycles. The molecular formula is C10H7ClN4O4. The molecule has 2 aromatic heterocycles. The van der Waals surface area contributed by atoms with Crippen LogP contribution >= 0.6 is 11.6 Å². The van der Waals surface area contributed by atoms with Crippen LogP contribution in [0.15, 0.2) is 18.3 Å². The first-order chi connectivity index (χ1) is 8.90. The number of nitrogens with zero attached hydrogens (tertiary/aromatic N) is 4. The highest BCUT2D eigenvalue weighted by atomic mass is 35.5. The van der Waals surface area contributed by atoms with E-state index in [1.807, 2.05) is 0 Å². The lowest BCUT2D eigenvalue weighted by Gasteiger charge is -2.03. The van der Waals surface area contributed by atoms with Crippen molar-refractivity contribution in [3.63, 3.8) is 0 Å². The standard InChI is InChI=1S/C10H7ClN4O4/c1-5-6(11)4-14(13-5)9-8(15(18)19)3-2-7(12-9)10(16)17/h2-4H,1H3,(H,16,17). The van der Waals surface area contributed by atoms with Crippen LogP contribution in [0.2, 0.25) is 5.02 Å². The molecule has 0 aliphatic rings. The molecule has 0 amide bonds. The van der Waals surface area contributed by atoms with Gasteiger partial charge in [0.2, 0.25) is 5.82 Å². The maximum atomic E-state index is 10.9. The van der Waals surface area contributed by atoms with Crippen LogP contribution in [0.4, 0.5) is 5.69 Å². The topological polar surface area (TPSA) is 111 Å². The van der Waals surface area contributed by atoms with Gasteiger partial charge in [-0.3, -0.25) is 10.1 Å². The second kappa shape index (κ2) is 4.65. The van der Waals surface area contributed by atoms with Gasteiger partial charge >= 0.3 is 11.7 Å². The van der Waals surface area contributed by atoms with E-state index in [1.54, 1.807) is 6.92 Å². The number of hydrogen-bond acceptors (Lipinski definition) is 5. The Morgan fingerprint density at radius 1 is 1.53 bits per heavy atom. The molecule has 19 heavy (non-hydrogen) atoms. The summed E-state index contributed by atoms with van der Waals surface area (Å²) in [6.45, 7) is 1.62. The van der Waals surface area contributed by atoms with E-state index in [2.05, 4.69) is 10.1 Å². The third kappa shape index (κ3) is 2.38. The Morgan fingerprint density at radius 3 is 2.68 bits per heavy atom. The number of halogens is 1. The van der Waals surface area contributed by atoms with Gasteiger partial charge in [0.25, 0.3) is 0 Å². The van der Waals surface area contributed by atoms with Gasteiger partial charge in [-0.25, -0.2) is 14.5 Å². The van der Waals surface area contributed by atoms with Gasteiger partial charge < -0.3 is 5.11 Å².